The fraction of sp³-hybridized carbons (Fsp3) is 0.500. The Morgan fingerprint density at radius 2 is 2.29 bits per heavy atom. The highest BCUT2D eigenvalue weighted by atomic mass is 16.4. The quantitative estimate of drug-likeness (QED) is 0.742. The van der Waals surface area contributed by atoms with E-state index < -0.39 is 5.97 Å². The Bertz CT molecular complexity index is 441. The summed E-state index contributed by atoms with van der Waals surface area (Å²) in [6.45, 7) is 2.99. The summed E-state index contributed by atoms with van der Waals surface area (Å²) in [5.41, 5.74) is 6.56. The van der Waals surface area contributed by atoms with Crippen molar-refractivity contribution in [2.24, 2.45) is 5.41 Å². The summed E-state index contributed by atoms with van der Waals surface area (Å²) >= 11 is 0. The number of nitrogens with zero attached hydrogens (tertiary/aromatic N) is 1. The van der Waals surface area contributed by atoms with Gasteiger partial charge in [0.25, 0.3) is 0 Å². The minimum absolute atomic E-state index is 0.0143. The van der Waals surface area contributed by atoms with Crippen molar-refractivity contribution in [3.05, 3.63) is 17.8 Å². The number of aromatic carboxylic acids is 1. The predicted molar refractivity (Wildman–Crippen MR) is 66.1 cm³/mol. The highest BCUT2D eigenvalue weighted by Gasteiger charge is 2.31. The first-order valence-electron chi connectivity index (χ1n) is 5.74. The lowest BCUT2D eigenvalue weighted by atomic mass is 9.70. The maximum atomic E-state index is 10.8. The Morgan fingerprint density at radius 3 is 2.82 bits per heavy atom. The Hall–Kier alpha value is -1.78. The molecule has 5 heteroatoms. The number of carboxylic acid groups (broad SMARTS) is 1. The van der Waals surface area contributed by atoms with E-state index in [4.69, 9.17) is 10.8 Å². The van der Waals surface area contributed by atoms with Crippen LogP contribution in [0.1, 0.15) is 36.7 Å². The fourth-order valence-corrected chi connectivity index (χ4v) is 1.98. The van der Waals surface area contributed by atoms with Crippen LogP contribution in [0.3, 0.4) is 0 Å². The summed E-state index contributed by atoms with van der Waals surface area (Å²) in [6, 6.07) is 2.98. The highest BCUT2D eigenvalue weighted by molar-refractivity contribution is 5.86. The van der Waals surface area contributed by atoms with Crippen LogP contribution in [0, 0.1) is 5.41 Å². The zero-order valence-corrected chi connectivity index (χ0v) is 9.86. The third kappa shape index (κ3) is 2.49. The number of hydrogen-bond acceptors (Lipinski definition) is 4. The second kappa shape index (κ2) is 4.24. The minimum Gasteiger partial charge on any atom is -0.477 e. The van der Waals surface area contributed by atoms with Crippen LogP contribution < -0.4 is 11.1 Å². The summed E-state index contributed by atoms with van der Waals surface area (Å²) in [6.07, 6.45) is 3.65. The number of carboxylic acids is 1. The van der Waals surface area contributed by atoms with Crippen molar-refractivity contribution in [1.82, 2.24) is 4.98 Å². The van der Waals surface area contributed by atoms with Crippen LogP contribution >= 0.6 is 0 Å². The minimum atomic E-state index is -1.04. The Balaban J connectivity index is 2.08. The molecular weight excluding hydrogens is 218 g/mol. The van der Waals surface area contributed by atoms with E-state index in [0.29, 0.717) is 16.9 Å². The van der Waals surface area contributed by atoms with Gasteiger partial charge in [-0.2, -0.15) is 0 Å². The van der Waals surface area contributed by atoms with Gasteiger partial charge in [-0.1, -0.05) is 13.3 Å². The molecule has 0 saturated heterocycles. The van der Waals surface area contributed by atoms with Crippen LogP contribution in [0.15, 0.2) is 12.1 Å². The van der Waals surface area contributed by atoms with Crippen molar-refractivity contribution in [2.45, 2.75) is 26.2 Å². The third-order valence-electron chi connectivity index (χ3n) is 3.39. The topological polar surface area (TPSA) is 88.2 Å². The zero-order chi connectivity index (χ0) is 12.5. The molecule has 1 aromatic rings. The monoisotopic (exact) mass is 235 g/mol. The molecule has 1 aliphatic carbocycles. The number of nitrogens with one attached hydrogen (secondary N) is 1. The first-order chi connectivity index (χ1) is 8.00. The molecule has 1 heterocycles. The molecule has 1 saturated carbocycles. The SMILES string of the molecule is CC1(CNc2nc(C(=O)O)ccc2N)CCC1. The van der Waals surface area contributed by atoms with Crippen LogP contribution in [0.4, 0.5) is 11.5 Å². The molecule has 1 aliphatic rings. The molecule has 0 bridgehead atoms. The largest absolute Gasteiger partial charge is 0.477 e. The van der Waals surface area contributed by atoms with Crippen LogP contribution in [0.2, 0.25) is 0 Å². The highest BCUT2D eigenvalue weighted by Crippen LogP contribution is 2.40. The predicted octanol–water partition coefficient (Wildman–Crippen LogP) is 1.96. The van der Waals surface area contributed by atoms with E-state index in [0.717, 1.165) is 6.54 Å². The van der Waals surface area contributed by atoms with Gasteiger partial charge in [0.15, 0.2) is 5.69 Å². The number of anilines is 2. The van der Waals surface area contributed by atoms with Crippen molar-refractivity contribution in [3.63, 3.8) is 0 Å². The Morgan fingerprint density at radius 1 is 1.59 bits per heavy atom. The maximum Gasteiger partial charge on any atom is 0.354 e. The number of aromatic nitrogens is 1. The van der Waals surface area contributed by atoms with E-state index >= 15 is 0 Å². The summed E-state index contributed by atoms with van der Waals surface area (Å²) in [5, 5.41) is 12.0. The molecule has 1 fully saturated rings. The number of pyridine rings is 1. The lowest BCUT2D eigenvalue weighted by Gasteiger charge is -2.38. The van der Waals surface area contributed by atoms with Crippen molar-refractivity contribution >= 4 is 17.5 Å². The van der Waals surface area contributed by atoms with Gasteiger partial charge in [-0.05, 0) is 30.4 Å². The molecule has 0 atom stereocenters. The molecule has 0 spiro atoms. The Kier molecular flexibility index (Phi) is 2.92. The number of nitrogens with two attached hydrogens (primary N) is 1. The van der Waals surface area contributed by atoms with Crippen LogP contribution in [-0.2, 0) is 0 Å². The molecular formula is C12H17N3O2. The van der Waals surface area contributed by atoms with Crippen molar-refractivity contribution in [2.75, 3.05) is 17.6 Å². The van der Waals surface area contributed by atoms with Crippen LogP contribution in [-0.4, -0.2) is 22.6 Å². The van der Waals surface area contributed by atoms with Crippen LogP contribution in [0.25, 0.3) is 0 Å². The molecule has 0 amide bonds. The molecule has 0 radical (unpaired) electrons. The smallest absolute Gasteiger partial charge is 0.354 e. The fourth-order valence-electron chi connectivity index (χ4n) is 1.98. The van der Waals surface area contributed by atoms with Gasteiger partial charge in [-0.3, -0.25) is 0 Å². The molecule has 1 aromatic heterocycles. The molecule has 0 aliphatic heterocycles. The summed E-state index contributed by atoms with van der Waals surface area (Å²) < 4.78 is 0. The van der Waals surface area contributed by atoms with E-state index in [1.807, 2.05) is 0 Å². The van der Waals surface area contributed by atoms with Gasteiger partial charge >= 0.3 is 5.97 Å². The average Bonchev–Trinajstić information content (AvgIpc) is 2.25. The van der Waals surface area contributed by atoms with Gasteiger partial charge in [0, 0.05) is 6.54 Å². The van der Waals surface area contributed by atoms with Gasteiger partial charge in [-0.25, -0.2) is 9.78 Å². The number of rotatable bonds is 4. The van der Waals surface area contributed by atoms with E-state index in [-0.39, 0.29) is 5.69 Å². The van der Waals surface area contributed by atoms with Gasteiger partial charge in [0.05, 0.1) is 5.69 Å². The molecule has 0 aromatic carbocycles. The molecule has 2 rings (SSSR count). The van der Waals surface area contributed by atoms with Gasteiger partial charge in [0.2, 0.25) is 0 Å². The van der Waals surface area contributed by atoms with Crippen molar-refractivity contribution in [1.29, 1.82) is 0 Å². The van der Waals surface area contributed by atoms with Gasteiger partial charge in [-0.15, -0.1) is 0 Å². The zero-order valence-electron chi connectivity index (χ0n) is 9.86. The second-order valence-electron chi connectivity index (χ2n) is 4.96. The lowest BCUT2D eigenvalue weighted by Crippen LogP contribution is -2.33. The summed E-state index contributed by atoms with van der Waals surface area (Å²) in [5.74, 6) is -0.569. The third-order valence-corrected chi connectivity index (χ3v) is 3.39. The summed E-state index contributed by atoms with van der Waals surface area (Å²) in [4.78, 5) is 14.8. The standard InChI is InChI=1S/C12H17N3O2/c1-12(5-2-6-12)7-14-10-8(13)3-4-9(15-10)11(16)17/h3-4H,2,5-7,13H2,1H3,(H,14,15)(H,16,17). The molecule has 4 N–H and O–H groups in total. The normalized spacial score (nSPS) is 17.2. The molecule has 17 heavy (non-hydrogen) atoms. The van der Waals surface area contributed by atoms with E-state index in [1.54, 1.807) is 6.07 Å². The van der Waals surface area contributed by atoms with Crippen molar-refractivity contribution in [3.8, 4) is 0 Å². The van der Waals surface area contributed by atoms with E-state index in [2.05, 4.69) is 17.2 Å². The molecule has 5 nitrogen and oxygen atoms in total. The van der Waals surface area contributed by atoms with E-state index in [1.165, 1.54) is 25.3 Å². The van der Waals surface area contributed by atoms with Gasteiger partial charge < -0.3 is 16.2 Å². The number of carbonyl (C=O) groups is 1. The number of nitrogen functional groups attached to an aromatic ring is 1. The van der Waals surface area contributed by atoms with Crippen molar-refractivity contribution < 1.29 is 9.90 Å². The molecule has 92 valence electrons. The number of hydrogen-bond donors (Lipinski definition) is 3. The molecule has 0 unspecified atom stereocenters. The summed E-state index contributed by atoms with van der Waals surface area (Å²) in [7, 11) is 0. The van der Waals surface area contributed by atoms with Crippen LogP contribution in [0.5, 0.6) is 0 Å². The first kappa shape index (κ1) is 11.7. The first-order valence-corrected chi connectivity index (χ1v) is 5.74. The van der Waals surface area contributed by atoms with Gasteiger partial charge in [0.1, 0.15) is 5.82 Å². The maximum absolute atomic E-state index is 10.8. The second-order valence-corrected chi connectivity index (χ2v) is 4.96. The Labute approximate surface area is 100 Å². The van der Waals surface area contributed by atoms with E-state index in [9.17, 15) is 4.79 Å². The lowest BCUT2D eigenvalue weighted by molar-refractivity contribution is 0.0690. The average molecular weight is 235 g/mol.